The third-order valence-electron chi connectivity index (χ3n) is 4.84. The van der Waals surface area contributed by atoms with Gasteiger partial charge in [0.15, 0.2) is 5.96 Å². The SMILES string of the molecule is CN=C(NCC(C)c1ccsc1)NC1CCN(c2ccc(C)cc2)C1. The normalized spacial score (nSPS) is 19.1. The van der Waals surface area contributed by atoms with Crippen LogP contribution in [0.5, 0.6) is 0 Å². The Kier molecular flexibility index (Phi) is 5.97. The van der Waals surface area contributed by atoms with Crippen molar-refractivity contribution in [1.82, 2.24) is 10.6 Å². The van der Waals surface area contributed by atoms with Crippen LogP contribution in [0.2, 0.25) is 0 Å². The van der Waals surface area contributed by atoms with E-state index in [9.17, 15) is 0 Å². The fourth-order valence-electron chi connectivity index (χ4n) is 3.18. The summed E-state index contributed by atoms with van der Waals surface area (Å²) >= 11 is 1.75. The van der Waals surface area contributed by atoms with Crippen molar-refractivity contribution in [2.75, 3.05) is 31.6 Å². The molecule has 1 aromatic heterocycles. The molecular weight excluding hydrogens is 328 g/mol. The first-order chi connectivity index (χ1) is 12.2. The summed E-state index contributed by atoms with van der Waals surface area (Å²) in [5, 5.41) is 11.4. The van der Waals surface area contributed by atoms with E-state index in [-0.39, 0.29) is 0 Å². The van der Waals surface area contributed by atoms with Gasteiger partial charge in [-0.1, -0.05) is 24.6 Å². The molecule has 1 aliphatic rings. The smallest absolute Gasteiger partial charge is 0.191 e. The van der Waals surface area contributed by atoms with Crippen LogP contribution in [0.25, 0.3) is 0 Å². The molecule has 1 aliphatic heterocycles. The number of anilines is 1. The van der Waals surface area contributed by atoms with Gasteiger partial charge in [0.2, 0.25) is 0 Å². The predicted molar refractivity (Wildman–Crippen MR) is 109 cm³/mol. The lowest BCUT2D eigenvalue weighted by Gasteiger charge is -2.21. The van der Waals surface area contributed by atoms with Gasteiger partial charge in [0.25, 0.3) is 0 Å². The minimum atomic E-state index is 0.434. The molecule has 0 aliphatic carbocycles. The molecule has 134 valence electrons. The van der Waals surface area contributed by atoms with E-state index in [1.807, 2.05) is 7.05 Å². The number of benzene rings is 1. The van der Waals surface area contributed by atoms with Crippen molar-refractivity contribution < 1.29 is 0 Å². The highest BCUT2D eigenvalue weighted by Gasteiger charge is 2.23. The van der Waals surface area contributed by atoms with E-state index in [4.69, 9.17) is 0 Å². The van der Waals surface area contributed by atoms with Gasteiger partial charge in [0.05, 0.1) is 0 Å². The summed E-state index contributed by atoms with van der Waals surface area (Å²) in [6, 6.07) is 11.4. The van der Waals surface area contributed by atoms with Crippen molar-refractivity contribution >= 4 is 23.0 Å². The van der Waals surface area contributed by atoms with Crippen molar-refractivity contribution in [3.63, 3.8) is 0 Å². The maximum absolute atomic E-state index is 4.39. The monoisotopic (exact) mass is 356 g/mol. The largest absolute Gasteiger partial charge is 0.369 e. The number of hydrogen-bond donors (Lipinski definition) is 2. The molecule has 2 N–H and O–H groups in total. The Hall–Kier alpha value is -2.01. The summed E-state index contributed by atoms with van der Waals surface area (Å²) < 4.78 is 0. The first-order valence-corrected chi connectivity index (χ1v) is 9.91. The lowest BCUT2D eigenvalue weighted by molar-refractivity contribution is 0.634. The van der Waals surface area contributed by atoms with Crippen molar-refractivity contribution in [2.24, 2.45) is 4.99 Å². The predicted octanol–water partition coefficient (Wildman–Crippen LogP) is 3.60. The molecule has 4 nitrogen and oxygen atoms in total. The number of nitrogens with zero attached hydrogens (tertiary/aromatic N) is 2. The Morgan fingerprint density at radius 3 is 2.80 bits per heavy atom. The molecule has 1 fully saturated rings. The second kappa shape index (κ2) is 8.39. The maximum Gasteiger partial charge on any atom is 0.191 e. The fraction of sp³-hybridized carbons (Fsp3) is 0.450. The average Bonchev–Trinajstić information content (AvgIpc) is 3.31. The number of hydrogen-bond acceptors (Lipinski definition) is 3. The Balaban J connectivity index is 1.48. The molecule has 2 heterocycles. The topological polar surface area (TPSA) is 39.7 Å². The van der Waals surface area contributed by atoms with E-state index in [1.165, 1.54) is 16.8 Å². The summed E-state index contributed by atoms with van der Waals surface area (Å²) in [5.41, 5.74) is 4.00. The number of thiophene rings is 1. The van der Waals surface area contributed by atoms with Crippen molar-refractivity contribution in [3.8, 4) is 0 Å². The van der Waals surface area contributed by atoms with Crippen LogP contribution in [0.1, 0.15) is 30.4 Å². The summed E-state index contributed by atoms with van der Waals surface area (Å²) in [6.07, 6.45) is 1.13. The van der Waals surface area contributed by atoms with E-state index in [0.717, 1.165) is 32.0 Å². The van der Waals surface area contributed by atoms with Gasteiger partial charge in [0, 0.05) is 38.4 Å². The highest BCUT2D eigenvalue weighted by atomic mass is 32.1. The number of aliphatic imine (C=N–C) groups is 1. The van der Waals surface area contributed by atoms with Crippen molar-refractivity contribution in [1.29, 1.82) is 0 Å². The molecule has 0 spiro atoms. The van der Waals surface area contributed by atoms with Gasteiger partial charge >= 0.3 is 0 Å². The second-order valence-corrected chi connectivity index (χ2v) is 7.60. The fourth-order valence-corrected chi connectivity index (χ4v) is 3.96. The van der Waals surface area contributed by atoms with Gasteiger partial charge in [-0.25, -0.2) is 0 Å². The van der Waals surface area contributed by atoms with Crippen LogP contribution < -0.4 is 15.5 Å². The lowest BCUT2D eigenvalue weighted by Crippen LogP contribution is -2.45. The number of nitrogens with one attached hydrogen (secondary N) is 2. The molecule has 0 radical (unpaired) electrons. The zero-order chi connectivity index (χ0) is 17.6. The molecule has 0 amide bonds. The summed E-state index contributed by atoms with van der Waals surface area (Å²) in [4.78, 5) is 6.84. The van der Waals surface area contributed by atoms with Crippen LogP contribution in [0, 0.1) is 6.92 Å². The quantitative estimate of drug-likeness (QED) is 0.635. The van der Waals surface area contributed by atoms with Crippen LogP contribution in [0.3, 0.4) is 0 Å². The molecule has 2 aromatic rings. The summed E-state index contributed by atoms with van der Waals surface area (Å²) in [6.45, 7) is 7.37. The van der Waals surface area contributed by atoms with E-state index in [2.05, 4.69) is 75.5 Å². The standard InChI is InChI=1S/C20H28N4S/c1-15-4-6-19(7-5-15)24-10-8-18(13-24)23-20(21-3)22-12-16(2)17-9-11-25-14-17/h4-7,9,11,14,16,18H,8,10,12-13H2,1-3H3,(H2,21,22,23). The van der Waals surface area contributed by atoms with Crippen molar-refractivity contribution in [2.45, 2.75) is 32.2 Å². The molecule has 2 atom stereocenters. The molecule has 0 bridgehead atoms. The highest BCUT2D eigenvalue weighted by molar-refractivity contribution is 7.07. The Morgan fingerprint density at radius 2 is 2.12 bits per heavy atom. The molecule has 5 heteroatoms. The molecule has 0 saturated carbocycles. The van der Waals surface area contributed by atoms with E-state index in [1.54, 1.807) is 11.3 Å². The van der Waals surface area contributed by atoms with Gasteiger partial charge in [-0.05, 0) is 53.8 Å². The molecule has 1 aromatic carbocycles. The van der Waals surface area contributed by atoms with Crippen LogP contribution in [0.4, 0.5) is 5.69 Å². The van der Waals surface area contributed by atoms with E-state index >= 15 is 0 Å². The first-order valence-electron chi connectivity index (χ1n) is 8.96. The minimum absolute atomic E-state index is 0.434. The third kappa shape index (κ3) is 4.75. The average molecular weight is 357 g/mol. The van der Waals surface area contributed by atoms with Crippen LogP contribution >= 0.6 is 11.3 Å². The van der Waals surface area contributed by atoms with Crippen LogP contribution in [-0.4, -0.2) is 38.7 Å². The van der Waals surface area contributed by atoms with Gasteiger partial charge in [-0.2, -0.15) is 11.3 Å². The zero-order valence-corrected chi connectivity index (χ0v) is 16.1. The van der Waals surface area contributed by atoms with E-state index in [0.29, 0.717) is 12.0 Å². The second-order valence-electron chi connectivity index (χ2n) is 6.82. The van der Waals surface area contributed by atoms with Gasteiger partial charge in [0.1, 0.15) is 0 Å². The maximum atomic E-state index is 4.39. The Bertz CT molecular complexity index is 678. The van der Waals surface area contributed by atoms with Gasteiger partial charge in [-0.15, -0.1) is 0 Å². The number of rotatable bonds is 5. The molecule has 25 heavy (non-hydrogen) atoms. The summed E-state index contributed by atoms with van der Waals surface area (Å²) in [7, 11) is 1.84. The minimum Gasteiger partial charge on any atom is -0.369 e. The molecule has 2 unspecified atom stereocenters. The van der Waals surface area contributed by atoms with Crippen LogP contribution in [-0.2, 0) is 0 Å². The van der Waals surface area contributed by atoms with Crippen molar-refractivity contribution in [3.05, 3.63) is 52.2 Å². The molecule has 1 saturated heterocycles. The Morgan fingerprint density at radius 1 is 1.32 bits per heavy atom. The molecule has 3 rings (SSSR count). The number of guanidine groups is 1. The van der Waals surface area contributed by atoms with Gasteiger partial charge in [-0.3, -0.25) is 4.99 Å². The van der Waals surface area contributed by atoms with Gasteiger partial charge < -0.3 is 15.5 Å². The lowest BCUT2D eigenvalue weighted by atomic mass is 10.1. The highest BCUT2D eigenvalue weighted by Crippen LogP contribution is 2.21. The first kappa shape index (κ1) is 17.8. The Labute approximate surface area is 155 Å². The van der Waals surface area contributed by atoms with Crippen LogP contribution in [0.15, 0.2) is 46.1 Å². The summed E-state index contributed by atoms with van der Waals surface area (Å²) in [5.74, 6) is 1.38. The zero-order valence-electron chi connectivity index (χ0n) is 15.3. The number of aryl methyl sites for hydroxylation is 1. The molecular formula is C20H28N4S. The third-order valence-corrected chi connectivity index (χ3v) is 5.54. The van der Waals surface area contributed by atoms with E-state index < -0.39 is 0 Å².